The van der Waals surface area contributed by atoms with E-state index in [9.17, 15) is 9.18 Å². The topological polar surface area (TPSA) is 36.1 Å². The van der Waals surface area contributed by atoms with Crippen molar-refractivity contribution in [3.8, 4) is 0 Å². The minimum atomic E-state index is -0.399. The van der Waals surface area contributed by atoms with Gasteiger partial charge in [-0.1, -0.05) is 0 Å². The predicted molar refractivity (Wildman–Crippen MR) is 79.6 cm³/mol. The SMILES string of the molecule is O=C(N1CCCCC1)C1(c2c[nH]c3ccc(F)cc23)CC1. The highest BCUT2D eigenvalue weighted by atomic mass is 19.1. The zero-order valence-corrected chi connectivity index (χ0v) is 12.0. The van der Waals surface area contributed by atoms with E-state index in [1.165, 1.54) is 12.5 Å². The third-order valence-corrected chi connectivity index (χ3v) is 4.96. The lowest BCUT2D eigenvalue weighted by Gasteiger charge is -2.30. The molecule has 2 heterocycles. The molecule has 0 spiro atoms. The molecule has 1 N–H and O–H groups in total. The standard InChI is InChI=1S/C17H19FN2O/c18-12-4-5-15-13(10-12)14(11-19-15)17(6-7-17)16(21)20-8-2-1-3-9-20/h4-5,10-11,19H,1-3,6-9H2. The lowest BCUT2D eigenvalue weighted by atomic mass is 9.93. The van der Waals surface area contributed by atoms with Crippen molar-refractivity contribution in [1.29, 1.82) is 0 Å². The second-order valence-corrected chi connectivity index (χ2v) is 6.33. The Hall–Kier alpha value is -1.84. The summed E-state index contributed by atoms with van der Waals surface area (Å²) in [4.78, 5) is 18.1. The van der Waals surface area contributed by atoms with Crippen LogP contribution in [0.2, 0.25) is 0 Å². The van der Waals surface area contributed by atoms with Crippen LogP contribution < -0.4 is 0 Å². The second-order valence-electron chi connectivity index (χ2n) is 6.33. The molecule has 1 aromatic carbocycles. The van der Waals surface area contributed by atoms with Crippen molar-refractivity contribution in [2.75, 3.05) is 13.1 Å². The first kappa shape index (κ1) is 12.9. The number of hydrogen-bond donors (Lipinski definition) is 1. The van der Waals surface area contributed by atoms with E-state index in [0.717, 1.165) is 55.2 Å². The molecule has 1 saturated carbocycles. The number of amides is 1. The molecule has 1 aromatic heterocycles. The Balaban J connectivity index is 1.73. The number of halogens is 1. The van der Waals surface area contributed by atoms with Crippen LogP contribution in [0.5, 0.6) is 0 Å². The number of rotatable bonds is 2. The first-order valence-corrected chi connectivity index (χ1v) is 7.77. The van der Waals surface area contributed by atoms with Crippen LogP contribution in [0.15, 0.2) is 24.4 Å². The van der Waals surface area contributed by atoms with Crippen LogP contribution in [0.3, 0.4) is 0 Å². The van der Waals surface area contributed by atoms with E-state index < -0.39 is 5.41 Å². The molecular formula is C17H19FN2O. The van der Waals surface area contributed by atoms with Gasteiger partial charge in [-0.15, -0.1) is 0 Å². The highest BCUT2D eigenvalue weighted by Gasteiger charge is 2.54. The van der Waals surface area contributed by atoms with Crippen molar-refractivity contribution in [1.82, 2.24) is 9.88 Å². The van der Waals surface area contributed by atoms with Crippen molar-refractivity contribution in [3.63, 3.8) is 0 Å². The number of carbonyl (C=O) groups is 1. The molecule has 1 aliphatic heterocycles. The molecule has 0 atom stereocenters. The minimum Gasteiger partial charge on any atom is -0.361 e. The van der Waals surface area contributed by atoms with Crippen molar-refractivity contribution in [3.05, 3.63) is 35.8 Å². The lowest BCUT2D eigenvalue weighted by Crippen LogP contribution is -2.42. The molecule has 2 aromatic rings. The number of nitrogens with one attached hydrogen (secondary N) is 1. The highest BCUT2D eigenvalue weighted by molar-refractivity contribution is 5.97. The summed E-state index contributed by atoms with van der Waals surface area (Å²) in [6.07, 6.45) is 7.08. The number of nitrogens with zero attached hydrogens (tertiary/aromatic N) is 1. The van der Waals surface area contributed by atoms with Gasteiger partial charge in [-0.3, -0.25) is 4.79 Å². The van der Waals surface area contributed by atoms with Crippen LogP contribution in [0.1, 0.15) is 37.7 Å². The summed E-state index contributed by atoms with van der Waals surface area (Å²) in [7, 11) is 0. The van der Waals surface area contributed by atoms with Gasteiger partial charge in [0.2, 0.25) is 5.91 Å². The average Bonchev–Trinajstić information content (AvgIpc) is 3.22. The van der Waals surface area contributed by atoms with Crippen molar-refractivity contribution < 1.29 is 9.18 Å². The number of carbonyl (C=O) groups excluding carboxylic acids is 1. The van der Waals surface area contributed by atoms with Crippen LogP contribution >= 0.6 is 0 Å². The molecule has 110 valence electrons. The average molecular weight is 286 g/mol. The van der Waals surface area contributed by atoms with Gasteiger partial charge in [0.05, 0.1) is 5.41 Å². The van der Waals surface area contributed by atoms with Crippen molar-refractivity contribution in [2.45, 2.75) is 37.5 Å². The maximum Gasteiger partial charge on any atom is 0.233 e. The van der Waals surface area contributed by atoms with E-state index in [0.29, 0.717) is 0 Å². The molecule has 3 nitrogen and oxygen atoms in total. The maximum absolute atomic E-state index is 13.5. The maximum atomic E-state index is 13.5. The number of H-pyrrole nitrogens is 1. The molecule has 4 heteroatoms. The number of aromatic nitrogens is 1. The Morgan fingerprint density at radius 1 is 1.19 bits per heavy atom. The van der Waals surface area contributed by atoms with Gasteiger partial charge in [-0.25, -0.2) is 4.39 Å². The smallest absolute Gasteiger partial charge is 0.233 e. The number of fused-ring (bicyclic) bond motifs is 1. The Bertz CT molecular complexity index is 696. The van der Waals surface area contributed by atoms with Gasteiger partial charge in [0.25, 0.3) is 0 Å². The van der Waals surface area contributed by atoms with Crippen molar-refractivity contribution >= 4 is 16.8 Å². The first-order chi connectivity index (χ1) is 10.2. The summed E-state index contributed by atoms with van der Waals surface area (Å²) in [6.45, 7) is 1.74. The molecule has 1 amide bonds. The highest BCUT2D eigenvalue weighted by Crippen LogP contribution is 2.52. The van der Waals surface area contributed by atoms with Gasteiger partial charge in [-0.2, -0.15) is 0 Å². The van der Waals surface area contributed by atoms with E-state index >= 15 is 0 Å². The van der Waals surface area contributed by atoms with Crippen molar-refractivity contribution in [2.24, 2.45) is 0 Å². The van der Waals surface area contributed by atoms with Gasteiger partial charge in [-0.05, 0) is 55.9 Å². The van der Waals surface area contributed by atoms with E-state index in [-0.39, 0.29) is 11.7 Å². The molecule has 2 aliphatic rings. The van der Waals surface area contributed by atoms with Gasteiger partial charge >= 0.3 is 0 Å². The van der Waals surface area contributed by atoms with E-state index in [4.69, 9.17) is 0 Å². The van der Waals surface area contributed by atoms with Gasteiger partial charge in [0.1, 0.15) is 5.82 Å². The number of aromatic amines is 1. The van der Waals surface area contributed by atoms with Gasteiger partial charge < -0.3 is 9.88 Å². The number of hydrogen-bond acceptors (Lipinski definition) is 1. The largest absolute Gasteiger partial charge is 0.361 e. The third-order valence-electron chi connectivity index (χ3n) is 4.96. The summed E-state index contributed by atoms with van der Waals surface area (Å²) in [5, 5.41) is 0.859. The van der Waals surface area contributed by atoms with Crippen LogP contribution in [0, 0.1) is 5.82 Å². The molecule has 4 rings (SSSR count). The summed E-state index contributed by atoms with van der Waals surface area (Å²) in [6, 6.07) is 4.75. The first-order valence-electron chi connectivity index (χ1n) is 7.77. The predicted octanol–water partition coefficient (Wildman–Crippen LogP) is 3.35. The lowest BCUT2D eigenvalue weighted by molar-refractivity contribution is -0.134. The van der Waals surface area contributed by atoms with Crippen LogP contribution in [-0.4, -0.2) is 28.9 Å². The minimum absolute atomic E-state index is 0.243. The molecule has 0 radical (unpaired) electrons. The Kier molecular flexibility index (Phi) is 2.81. The molecule has 2 fully saturated rings. The molecule has 1 aliphatic carbocycles. The summed E-state index contributed by atoms with van der Waals surface area (Å²) < 4.78 is 13.5. The van der Waals surface area contributed by atoms with E-state index in [2.05, 4.69) is 4.98 Å². The Labute approximate surface area is 123 Å². The molecule has 21 heavy (non-hydrogen) atoms. The fourth-order valence-corrected chi connectivity index (χ4v) is 3.61. The Morgan fingerprint density at radius 3 is 2.67 bits per heavy atom. The van der Waals surface area contributed by atoms with Crippen LogP contribution in [0.25, 0.3) is 10.9 Å². The van der Waals surface area contributed by atoms with E-state index in [1.807, 2.05) is 11.1 Å². The molecule has 0 unspecified atom stereocenters. The third kappa shape index (κ3) is 1.96. The molecular weight excluding hydrogens is 267 g/mol. The molecule has 0 bridgehead atoms. The van der Waals surface area contributed by atoms with Gasteiger partial charge in [0, 0.05) is 30.2 Å². The molecule has 1 saturated heterocycles. The summed E-state index contributed by atoms with van der Waals surface area (Å²) in [5.41, 5.74) is 1.49. The zero-order chi connectivity index (χ0) is 14.4. The van der Waals surface area contributed by atoms with Gasteiger partial charge in [0.15, 0.2) is 0 Å². The number of likely N-dealkylation sites (tertiary alicyclic amines) is 1. The zero-order valence-electron chi connectivity index (χ0n) is 12.0. The number of benzene rings is 1. The summed E-state index contributed by atoms with van der Waals surface area (Å²) >= 11 is 0. The normalized spacial score (nSPS) is 20.7. The quantitative estimate of drug-likeness (QED) is 0.903. The van der Waals surface area contributed by atoms with Crippen LogP contribution in [0.4, 0.5) is 4.39 Å². The number of piperidine rings is 1. The monoisotopic (exact) mass is 286 g/mol. The fraction of sp³-hybridized carbons (Fsp3) is 0.471. The fourth-order valence-electron chi connectivity index (χ4n) is 3.61. The van der Waals surface area contributed by atoms with E-state index in [1.54, 1.807) is 12.1 Å². The summed E-state index contributed by atoms with van der Waals surface area (Å²) in [5.74, 6) is -0.00284. The van der Waals surface area contributed by atoms with Crippen LogP contribution in [-0.2, 0) is 10.2 Å². The Morgan fingerprint density at radius 2 is 1.95 bits per heavy atom. The second kappa shape index (κ2) is 4.58.